The number of aromatic nitrogens is 1. The quantitative estimate of drug-likeness (QED) is 0.689. The maximum Gasteiger partial charge on any atom is 0.289 e. The van der Waals surface area contributed by atoms with Gasteiger partial charge in [-0.2, -0.15) is 13.1 Å². The van der Waals surface area contributed by atoms with Gasteiger partial charge in [0.2, 0.25) is 16.8 Å². The van der Waals surface area contributed by atoms with Crippen LogP contribution < -0.4 is 5.32 Å². The minimum atomic E-state index is -2.95. The molecule has 0 bridgehead atoms. The molecule has 1 aromatic heterocycles. The van der Waals surface area contributed by atoms with Crippen molar-refractivity contribution in [3.8, 4) is 11.1 Å². The third kappa shape index (κ3) is 4.36. The van der Waals surface area contributed by atoms with Gasteiger partial charge >= 0.3 is 0 Å². The number of carbonyl (C=O) groups excluding carboxylic acids is 1. The van der Waals surface area contributed by atoms with Gasteiger partial charge in [-0.15, -0.1) is 0 Å². The number of halogens is 2. The second-order valence-corrected chi connectivity index (χ2v) is 7.60. The lowest BCUT2D eigenvalue weighted by atomic mass is 10.0. The minimum Gasteiger partial charge on any atom is -0.351 e. The van der Waals surface area contributed by atoms with E-state index in [0.717, 1.165) is 15.4 Å². The summed E-state index contributed by atoms with van der Waals surface area (Å²) in [6.07, 6.45) is 1.61. The van der Waals surface area contributed by atoms with Gasteiger partial charge in [0.15, 0.2) is 0 Å². The highest BCUT2D eigenvalue weighted by Crippen LogP contribution is 2.31. The van der Waals surface area contributed by atoms with Crippen LogP contribution in [0.5, 0.6) is 0 Å². The zero-order chi connectivity index (χ0) is 20.3. The van der Waals surface area contributed by atoms with Gasteiger partial charge in [0.1, 0.15) is 11.7 Å². The van der Waals surface area contributed by atoms with Crippen molar-refractivity contribution in [2.24, 2.45) is 0 Å². The number of rotatable bonds is 7. The number of hydrogen-bond acceptors (Lipinski definition) is 4. The molecule has 150 valence electrons. The van der Waals surface area contributed by atoms with Gasteiger partial charge < -0.3 is 5.32 Å². The topological polar surface area (TPSA) is 79.4 Å². The number of hydrogen-bond donors (Lipinski definition) is 2. The molecule has 1 atom stereocenters. The maximum absolute atomic E-state index is 13.7. The smallest absolute Gasteiger partial charge is 0.289 e. The molecule has 6 nitrogen and oxygen atoms in total. The van der Waals surface area contributed by atoms with E-state index in [2.05, 4.69) is 10.3 Å². The highest BCUT2D eigenvalue weighted by molar-refractivity contribution is 7.70. The van der Waals surface area contributed by atoms with E-state index in [1.165, 1.54) is 19.2 Å². The van der Waals surface area contributed by atoms with E-state index >= 15 is 0 Å². The van der Waals surface area contributed by atoms with Crippen molar-refractivity contribution in [1.82, 2.24) is 14.6 Å². The average Bonchev–Trinajstić information content (AvgIpc) is 2.65. The number of nitrogens with zero attached hydrogens (tertiary/aromatic N) is 2. The lowest BCUT2D eigenvalue weighted by Crippen LogP contribution is -2.54. The van der Waals surface area contributed by atoms with Crippen LogP contribution in [0.4, 0.5) is 8.78 Å². The molecular formula is C19H21F2N3O3S. The largest absolute Gasteiger partial charge is 0.351 e. The standard InChI is InChI=1S/C19H21F2N3O3S/c1-2-19(20,21)17-7-6-15(12-22-17)14-5-3-4-13(10-14)11-23-18(25)16-8-9-24(16)28(26)27/h3-7,10,12,16,28H,2,8-9,11H2,1H3,(H,23,25). The molecule has 9 heteroatoms. The van der Waals surface area contributed by atoms with Crippen molar-refractivity contribution in [3.05, 3.63) is 53.9 Å². The van der Waals surface area contributed by atoms with Crippen LogP contribution in [0.3, 0.4) is 0 Å². The van der Waals surface area contributed by atoms with Gasteiger partial charge in [-0.3, -0.25) is 9.78 Å². The van der Waals surface area contributed by atoms with Crippen molar-refractivity contribution < 1.29 is 22.0 Å². The summed E-state index contributed by atoms with van der Waals surface area (Å²) in [5.74, 6) is -3.28. The molecule has 0 radical (unpaired) electrons. The Morgan fingerprint density at radius 2 is 2.07 bits per heavy atom. The number of carbonyl (C=O) groups is 1. The van der Waals surface area contributed by atoms with Gasteiger partial charge in [0.05, 0.1) is 0 Å². The molecule has 0 aliphatic carbocycles. The summed E-state index contributed by atoms with van der Waals surface area (Å²) in [6.45, 7) is 2.02. The normalized spacial score (nSPS) is 17.4. The summed E-state index contributed by atoms with van der Waals surface area (Å²) < 4.78 is 50.5. The Hall–Kier alpha value is -2.39. The van der Waals surface area contributed by atoms with E-state index in [1.54, 1.807) is 12.1 Å². The number of alkyl halides is 2. The highest BCUT2D eigenvalue weighted by Gasteiger charge is 2.35. The summed E-state index contributed by atoms with van der Waals surface area (Å²) in [5, 5.41) is 2.74. The SMILES string of the molecule is CCC(F)(F)c1ccc(-c2cccc(CNC(=O)C3CCN3[SH](=O)=O)c2)cn1. The molecule has 1 saturated heterocycles. The Labute approximate surface area is 163 Å². The predicted octanol–water partition coefficient (Wildman–Crippen LogP) is 2.47. The second-order valence-electron chi connectivity index (χ2n) is 6.61. The average molecular weight is 409 g/mol. The fraction of sp³-hybridized carbons (Fsp3) is 0.368. The number of nitrogens with one attached hydrogen (secondary N) is 1. The fourth-order valence-corrected chi connectivity index (χ4v) is 3.69. The van der Waals surface area contributed by atoms with Crippen molar-refractivity contribution in [2.45, 2.75) is 38.3 Å². The lowest BCUT2D eigenvalue weighted by Gasteiger charge is -2.34. The van der Waals surface area contributed by atoms with E-state index in [-0.39, 0.29) is 24.6 Å². The van der Waals surface area contributed by atoms with Crippen LogP contribution in [-0.4, -0.2) is 36.2 Å². The van der Waals surface area contributed by atoms with Crippen LogP contribution in [0.2, 0.25) is 0 Å². The van der Waals surface area contributed by atoms with Gasteiger partial charge in [0.25, 0.3) is 5.92 Å². The van der Waals surface area contributed by atoms with Gasteiger partial charge in [0, 0.05) is 31.3 Å². The fourth-order valence-electron chi connectivity index (χ4n) is 2.97. The minimum absolute atomic E-state index is 0.242. The number of thiol groups is 1. The molecule has 1 aliphatic rings. The third-order valence-corrected chi connectivity index (χ3v) is 5.71. The first-order chi connectivity index (χ1) is 13.3. The Morgan fingerprint density at radius 1 is 1.29 bits per heavy atom. The highest BCUT2D eigenvalue weighted by atomic mass is 32.2. The van der Waals surface area contributed by atoms with Gasteiger partial charge in [-0.05, 0) is 29.7 Å². The van der Waals surface area contributed by atoms with Crippen molar-refractivity contribution >= 4 is 16.8 Å². The van der Waals surface area contributed by atoms with Crippen molar-refractivity contribution in [3.63, 3.8) is 0 Å². The number of amides is 1. The van der Waals surface area contributed by atoms with Crippen LogP contribution in [0.25, 0.3) is 11.1 Å². The molecule has 1 fully saturated rings. The molecule has 28 heavy (non-hydrogen) atoms. The van der Waals surface area contributed by atoms with Crippen LogP contribution >= 0.6 is 0 Å². The van der Waals surface area contributed by atoms with E-state index in [4.69, 9.17) is 0 Å². The second kappa shape index (κ2) is 8.32. The molecule has 0 spiro atoms. The van der Waals surface area contributed by atoms with Gasteiger partial charge in [-0.25, -0.2) is 8.42 Å². The summed E-state index contributed by atoms with van der Waals surface area (Å²) in [7, 11) is -2.75. The first-order valence-electron chi connectivity index (χ1n) is 8.94. The lowest BCUT2D eigenvalue weighted by molar-refractivity contribution is -0.127. The van der Waals surface area contributed by atoms with Crippen LogP contribution in [0.1, 0.15) is 31.0 Å². The summed E-state index contributed by atoms with van der Waals surface area (Å²) in [4.78, 5) is 16.0. The molecule has 1 aromatic carbocycles. The molecule has 0 saturated carbocycles. The van der Waals surface area contributed by atoms with E-state index in [9.17, 15) is 22.0 Å². The molecule has 2 heterocycles. The summed E-state index contributed by atoms with van der Waals surface area (Å²) in [6, 6.07) is 9.57. The summed E-state index contributed by atoms with van der Waals surface area (Å²) >= 11 is 0. The Bertz CT molecular complexity index is 924. The third-order valence-electron chi connectivity index (χ3n) is 4.81. The predicted molar refractivity (Wildman–Crippen MR) is 101 cm³/mol. The first kappa shape index (κ1) is 20.3. The number of pyridine rings is 1. The monoisotopic (exact) mass is 409 g/mol. The van der Waals surface area contributed by atoms with E-state index < -0.39 is 22.9 Å². The van der Waals surface area contributed by atoms with Crippen molar-refractivity contribution in [2.75, 3.05) is 6.54 Å². The Balaban J connectivity index is 1.66. The molecule has 2 aromatic rings. The Kier molecular flexibility index (Phi) is 6.04. The number of benzene rings is 1. The zero-order valence-corrected chi connectivity index (χ0v) is 16.2. The van der Waals surface area contributed by atoms with Gasteiger partial charge in [-0.1, -0.05) is 31.2 Å². The van der Waals surface area contributed by atoms with Crippen molar-refractivity contribution in [1.29, 1.82) is 0 Å². The maximum atomic E-state index is 13.7. The Morgan fingerprint density at radius 3 is 2.64 bits per heavy atom. The molecule has 1 N–H and O–H groups in total. The summed E-state index contributed by atoms with van der Waals surface area (Å²) in [5.41, 5.74) is 2.03. The first-order valence-corrected chi connectivity index (χ1v) is 10.1. The molecule has 3 rings (SSSR count). The van der Waals surface area contributed by atoms with Crippen LogP contribution in [0, 0.1) is 0 Å². The van der Waals surface area contributed by atoms with E-state index in [0.29, 0.717) is 18.5 Å². The molecule has 1 amide bonds. The van der Waals surface area contributed by atoms with E-state index in [1.807, 2.05) is 18.2 Å². The zero-order valence-electron chi connectivity index (χ0n) is 15.3. The molecular weight excluding hydrogens is 388 g/mol. The molecule has 1 aliphatic heterocycles. The van der Waals surface area contributed by atoms with Crippen LogP contribution in [-0.2, 0) is 28.2 Å². The molecule has 1 unspecified atom stereocenters. The van der Waals surface area contributed by atoms with Crippen LogP contribution in [0.15, 0.2) is 42.6 Å².